The number of hydrogen-bond donors (Lipinski definition) is 2. The van der Waals surface area contributed by atoms with E-state index in [0.29, 0.717) is 0 Å². The number of anilines is 2. The van der Waals surface area contributed by atoms with Crippen LogP contribution in [0.2, 0.25) is 0 Å². The second-order valence-electron chi connectivity index (χ2n) is 6.59. The Labute approximate surface area is 157 Å². The van der Waals surface area contributed by atoms with Crippen LogP contribution in [0.25, 0.3) is 0 Å². The number of aromatic amines is 1. The monoisotopic (exact) mass is 404 g/mol. The van der Waals surface area contributed by atoms with E-state index in [1.807, 2.05) is 50.4 Å². The Morgan fingerprint density at radius 2 is 2.04 bits per heavy atom. The number of H-pyrrole nitrogens is 1. The molecule has 1 fully saturated rings. The van der Waals surface area contributed by atoms with E-state index < -0.39 is 0 Å². The third-order valence-electron chi connectivity index (χ3n) is 4.83. The minimum Gasteiger partial charge on any atom is -0.320 e. The number of quaternary nitrogens is 1. The molecule has 0 unspecified atom stereocenters. The van der Waals surface area contributed by atoms with Crippen LogP contribution in [-0.4, -0.2) is 38.1 Å². The molecule has 2 heterocycles. The van der Waals surface area contributed by atoms with Gasteiger partial charge in [-0.15, -0.1) is 0 Å². The van der Waals surface area contributed by atoms with Crippen molar-refractivity contribution in [1.82, 2.24) is 0 Å². The van der Waals surface area contributed by atoms with Crippen molar-refractivity contribution in [2.45, 2.75) is 19.9 Å². The summed E-state index contributed by atoms with van der Waals surface area (Å²) in [6.07, 6.45) is 1.95. The maximum absolute atomic E-state index is 12.6. The van der Waals surface area contributed by atoms with Gasteiger partial charge in [-0.3, -0.25) is 9.69 Å². The number of amides is 1. The van der Waals surface area contributed by atoms with Crippen molar-refractivity contribution in [2.24, 2.45) is 0 Å². The fourth-order valence-electron chi connectivity index (χ4n) is 3.20. The third-order valence-corrected chi connectivity index (χ3v) is 5.48. The fraction of sp³-hybridized carbons (Fsp3) is 0.368. The van der Waals surface area contributed by atoms with Gasteiger partial charge in [0.2, 0.25) is 0 Å². The van der Waals surface area contributed by atoms with E-state index in [2.05, 4.69) is 37.2 Å². The topological polar surface area (TPSA) is 50.9 Å². The van der Waals surface area contributed by atoms with Crippen LogP contribution in [-0.2, 0) is 4.79 Å². The van der Waals surface area contributed by atoms with Gasteiger partial charge in [0.1, 0.15) is 26.2 Å². The van der Waals surface area contributed by atoms with Crippen molar-refractivity contribution >= 4 is 33.3 Å². The molecule has 1 amide bonds. The molecule has 0 aliphatic carbocycles. The van der Waals surface area contributed by atoms with E-state index in [4.69, 9.17) is 0 Å². The lowest BCUT2D eigenvalue weighted by atomic mass is 10.2. The number of piperazine rings is 1. The largest absolute Gasteiger partial charge is 0.320 e. The molecular formula is C19H25BrN4O+2. The number of pyridine rings is 1. The highest BCUT2D eigenvalue weighted by Gasteiger charge is 2.32. The number of halogens is 1. The molecule has 1 saturated heterocycles. The number of rotatable bonds is 4. The maximum Gasteiger partial charge on any atom is 0.282 e. The van der Waals surface area contributed by atoms with E-state index >= 15 is 0 Å². The van der Waals surface area contributed by atoms with Gasteiger partial charge in [-0.1, -0.05) is 12.1 Å². The van der Waals surface area contributed by atoms with Gasteiger partial charge in [0.05, 0.1) is 11.9 Å². The number of nitrogens with zero attached hydrogens (tertiary/aromatic N) is 1. The van der Waals surface area contributed by atoms with Crippen LogP contribution in [0, 0.1) is 6.92 Å². The summed E-state index contributed by atoms with van der Waals surface area (Å²) in [6.45, 7) is 7.84. The molecule has 25 heavy (non-hydrogen) atoms. The standard InChI is InChI=1S/C19H23BrN4O/c1-14-6-7-17(16(20)13-14)22-19(25)15(2)23-9-11-24(12-10-23)18-5-3-4-8-21-18/h3-8,13,15H,9-12H2,1-2H3,(H,22,25)/p+2/t15-/m1/s1. The summed E-state index contributed by atoms with van der Waals surface area (Å²) in [5.41, 5.74) is 2.00. The quantitative estimate of drug-likeness (QED) is 0.806. The molecule has 1 aliphatic heterocycles. The molecule has 1 aliphatic rings. The molecule has 0 saturated carbocycles. The van der Waals surface area contributed by atoms with Gasteiger partial charge in [0.25, 0.3) is 11.7 Å². The predicted octanol–water partition coefficient (Wildman–Crippen LogP) is 1.30. The van der Waals surface area contributed by atoms with Gasteiger partial charge in [-0.25, -0.2) is 4.98 Å². The first-order chi connectivity index (χ1) is 12.0. The van der Waals surface area contributed by atoms with Gasteiger partial charge in [0.15, 0.2) is 6.04 Å². The number of nitrogens with one attached hydrogen (secondary N) is 3. The zero-order valence-corrected chi connectivity index (χ0v) is 16.3. The molecule has 5 nitrogen and oxygen atoms in total. The lowest BCUT2D eigenvalue weighted by Gasteiger charge is -2.31. The van der Waals surface area contributed by atoms with E-state index in [1.54, 1.807) is 0 Å². The molecule has 132 valence electrons. The molecule has 2 aromatic rings. The second kappa shape index (κ2) is 7.97. The lowest BCUT2D eigenvalue weighted by Crippen LogP contribution is -3.19. The van der Waals surface area contributed by atoms with Gasteiger partial charge < -0.3 is 10.2 Å². The number of carbonyl (C=O) groups excluding carboxylic acids is 1. The Bertz CT molecular complexity index is 729. The highest BCUT2D eigenvalue weighted by molar-refractivity contribution is 9.10. The SMILES string of the molecule is Cc1ccc(NC(=O)[C@@H](C)[NH+]2CCN(c3cccc[nH+]3)CC2)c(Br)c1. The minimum absolute atomic E-state index is 0.0688. The Morgan fingerprint density at radius 3 is 2.68 bits per heavy atom. The van der Waals surface area contributed by atoms with Crippen LogP contribution in [0.3, 0.4) is 0 Å². The number of benzene rings is 1. The fourth-order valence-corrected chi connectivity index (χ4v) is 3.79. The summed E-state index contributed by atoms with van der Waals surface area (Å²) >= 11 is 3.52. The number of aromatic nitrogens is 1. The van der Waals surface area contributed by atoms with Gasteiger partial charge in [0, 0.05) is 10.5 Å². The summed E-state index contributed by atoms with van der Waals surface area (Å²) in [4.78, 5) is 19.6. The third kappa shape index (κ3) is 4.38. The summed E-state index contributed by atoms with van der Waals surface area (Å²) < 4.78 is 0.924. The summed E-state index contributed by atoms with van der Waals surface area (Å²) in [5, 5.41) is 3.05. The Balaban J connectivity index is 1.56. The molecule has 1 atom stereocenters. The van der Waals surface area contributed by atoms with Crippen LogP contribution < -0.4 is 20.1 Å². The van der Waals surface area contributed by atoms with E-state index in [9.17, 15) is 4.79 Å². The van der Waals surface area contributed by atoms with Crippen LogP contribution in [0.15, 0.2) is 47.1 Å². The smallest absolute Gasteiger partial charge is 0.282 e. The van der Waals surface area contributed by atoms with Gasteiger partial charge >= 0.3 is 0 Å². The van der Waals surface area contributed by atoms with E-state index in [0.717, 1.165) is 47.7 Å². The maximum atomic E-state index is 12.6. The van der Waals surface area contributed by atoms with Crippen molar-refractivity contribution < 1.29 is 14.7 Å². The van der Waals surface area contributed by atoms with E-state index in [-0.39, 0.29) is 11.9 Å². The first-order valence-electron chi connectivity index (χ1n) is 8.68. The highest BCUT2D eigenvalue weighted by Crippen LogP contribution is 2.23. The van der Waals surface area contributed by atoms with Crippen molar-refractivity contribution in [2.75, 3.05) is 36.4 Å². The van der Waals surface area contributed by atoms with Crippen molar-refractivity contribution in [3.05, 3.63) is 52.6 Å². The van der Waals surface area contributed by atoms with Crippen LogP contribution >= 0.6 is 15.9 Å². The highest BCUT2D eigenvalue weighted by atomic mass is 79.9. The summed E-state index contributed by atoms with van der Waals surface area (Å²) in [5.74, 6) is 1.21. The molecule has 1 aromatic heterocycles. The zero-order valence-electron chi connectivity index (χ0n) is 14.7. The van der Waals surface area contributed by atoms with Crippen molar-refractivity contribution in [3.63, 3.8) is 0 Å². The Kier molecular flexibility index (Phi) is 5.71. The van der Waals surface area contributed by atoms with Crippen molar-refractivity contribution in [3.8, 4) is 0 Å². The van der Waals surface area contributed by atoms with Gasteiger partial charge in [-0.05, 0) is 53.5 Å². The average Bonchev–Trinajstić information content (AvgIpc) is 2.64. The minimum atomic E-state index is -0.0740. The Hall–Kier alpha value is -1.92. The molecule has 1 aromatic carbocycles. The van der Waals surface area contributed by atoms with Gasteiger partial charge in [-0.2, -0.15) is 0 Å². The van der Waals surface area contributed by atoms with Crippen LogP contribution in [0.4, 0.5) is 11.5 Å². The van der Waals surface area contributed by atoms with Crippen molar-refractivity contribution in [1.29, 1.82) is 0 Å². The average molecular weight is 405 g/mol. The first-order valence-corrected chi connectivity index (χ1v) is 9.47. The first kappa shape index (κ1) is 17.9. The molecule has 0 spiro atoms. The van der Waals surface area contributed by atoms with Crippen LogP contribution in [0.1, 0.15) is 12.5 Å². The lowest BCUT2D eigenvalue weighted by molar-refractivity contribution is -0.914. The Morgan fingerprint density at radius 1 is 1.28 bits per heavy atom. The number of aryl methyl sites for hydroxylation is 1. The second-order valence-corrected chi connectivity index (χ2v) is 7.44. The van der Waals surface area contributed by atoms with E-state index in [1.165, 1.54) is 4.90 Å². The zero-order chi connectivity index (χ0) is 17.8. The summed E-state index contributed by atoms with van der Waals surface area (Å²) in [6, 6.07) is 12.0. The molecule has 3 N–H and O–H groups in total. The van der Waals surface area contributed by atoms with Crippen LogP contribution in [0.5, 0.6) is 0 Å². The molecule has 0 radical (unpaired) electrons. The normalized spacial score (nSPS) is 16.5. The number of carbonyl (C=O) groups is 1. The number of hydrogen-bond acceptors (Lipinski definition) is 2. The molecule has 3 rings (SSSR count). The summed E-state index contributed by atoms with van der Waals surface area (Å²) in [7, 11) is 0. The molecule has 0 bridgehead atoms. The molecular weight excluding hydrogens is 380 g/mol. The predicted molar refractivity (Wildman–Crippen MR) is 103 cm³/mol. The molecule has 6 heteroatoms.